The average molecular weight is 408 g/mol. The van der Waals surface area contributed by atoms with Gasteiger partial charge in [-0.25, -0.2) is 4.79 Å². The zero-order valence-corrected chi connectivity index (χ0v) is 16.6. The quantitative estimate of drug-likeness (QED) is 0.580. The Morgan fingerprint density at radius 1 is 0.966 bits per heavy atom. The number of thiophene rings is 1. The van der Waals surface area contributed by atoms with Gasteiger partial charge in [-0.3, -0.25) is 9.59 Å². The summed E-state index contributed by atoms with van der Waals surface area (Å²) in [7, 11) is 0. The second-order valence-electron chi connectivity index (χ2n) is 6.04. The van der Waals surface area contributed by atoms with Crippen LogP contribution in [0.3, 0.4) is 0 Å². The van der Waals surface area contributed by atoms with Crippen molar-refractivity contribution in [3.63, 3.8) is 0 Å². The van der Waals surface area contributed by atoms with Crippen LogP contribution in [-0.4, -0.2) is 30.9 Å². The lowest BCUT2D eigenvalue weighted by Gasteiger charge is -2.09. The van der Waals surface area contributed by atoms with Gasteiger partial charge in [0, 0.05) is 16.5 Å². The Balaban J connectivity index is 1.74. The van der Waals surface area contributed by atoms with Crippen LogP contribution in [0.2, 0.25) is 0 Å². The Bertz CT molecular complexity index is 1000. The van der Waals surface area contributed by atoms with Crippen LogP contribution in [0.25, 0.3) is 11.1 Å². The van der Waals surface area contributed by atoms with Crippen LogP contribution in [0, 0.1) is 0 Å². The molecule has 0 aliphatic carbocycles. The summed E-state index contributed by atoms with van der Waals surface area (Å²) in [4.78, 5) is 37.0. The first kappa shape index (κ1) is 20.3. The summed E-state index contributed by atoms with van der Waals surface area (Å²) in [5.41, 5.74) is 2.32. The van der Waals surface area contributed by atoms with E-state index in [1.54, 1.807) is 36.6 Å². The molecule has 0 saturated carbocycles. The van der Waals surface area contributed by atoms with Crippen molar-refractivity contribution in [3.8, 4) is 11.1 Å². The average Bonchev–Trinajstić information content (AvgIpc) is 3.17. The minimum Gasteiger partial charge on any atom is -0.462 e. The molecule has 0 unspecified atom stereocenters. The molecule has 0 aliphatic heterocycles. The van der Waals surface area contributed by atoms with Gasteiger partial charge in [0.1, 0.15) is 10.6 Å². The number of esters is 1. The molecule has 0 saturated heterocycles. The molecular formula is C22H20N2O4S. The third kappa shape index (κ3) is 5.08. The normalized spacial score (nSPS) is 10.2. The van der Waals surface area contributed by atoms with E-state index in [1.807, 2.05) is 36.4 Å². The number of nitrogens with one attached hydrogen (secondary N) is 2. The second kappa shape index (κ2) is 9.66. The molecule has 3 aromatic rings. The molecule has 0 atom stereocenters. The van der Waals surface area contributed by atoms with Gasteiger partial charge in [0.05, 0.1) is 13.2 Å². The molecule has 1 aromatic heterocycles. The molecule has 2 amide bonds. The molecule has 0 spiro atoms. The van der Waals surface area contributed by atoms with Crippen LogP contribution in [0.4, 0.5) is 5.00 Å². The summed E-state index contributed by atoms with van der Waals surface area (Å²) in [6.07, 6.45) is 0. The fourth-order valence-corrected chi connectivity index (χ4v) is 3.68. The molecule has 1 heterocycles. The topological polar surface area (TPSA) is 84.5 Å². The Kier molecular flexibility index (Phi) is 6.76. The van der Waals surface area contributed by atoms with Gasteiger partial charge < -0.3 is 15.4 Å². The van der Waals surface area contributed by atoms with E-state index in [0.29, 0.717) is 21.7 Å². The molecule has 3 rings (SSSR count). The van der Waals surface area contributed by atoms with E-state index < -0.39 is 11.9 Å². The molecule has 0 aliphatic rings. The van der Waals surface area contributed by atoms with Gasteiger partial charge in [0.2, 0.25) is 5.91 Å². The summed E-state index contributed by atoms with van der Waals surface area (Å²) in [6.45, 7) is 1.74. The van der Waals surface area contributed by atoms with Crippen molar-refractivity contribution in [3.05, 3.63) is 77.2 Å². The number of carbonyl (C=O) groups excluding carboxylic acids is 3. The molecule has 0 fully saturated rings. The molecule has 29 heavy (non-hydrogen) atoms. The molecule has 148 valence electrons. The van der Waals surface area contributed by atoms with Crippen molar-refractivity contribution in [2.45, 2.75) is 6.92 Å². The number of hydrogen-bond acceptors (Lipinski definition) is 5. The Morgan fingerprint density at radius 3 is 2.28 bits per heavy atom. The number of rotatable bonds is 7. The first-order valence-corrected chi connectivity index (χ1v) is 9.95. The summed E-state index contributed by atoms with van der Waals surface area (Å²) in [5.74, 6) is -1.28. The summed E-state index contributed by atoms with van der Waals surface area (Å²) < 4.78 is 5.17. The first-order valence-electron chi connectivity index (χ1n) is 9.07. The Hall–Kier alpha value is -3.45. The molecular weight excluding hydrogens is 388 g/mol. The third-order valence-electron chi connectivity index (χ3n) is 4.05. The summed E-state index contributed by atoms with van der Waals surface area (Å²) >= 11 is 1.24. The highest BCUT2D eigenvalue weighted by Crippen LogP contribution is 2.36. The molecule has 7 heteroatoms. The number of hydrogen-bond donors (Lipinski definition) is 2. The van der Waals surface area contributed by atoms with Crippen molar-refractivity contribution >= 4 is 34.1 Å². The van der Waals surface area contributed by atoms with Gasteiger partial charge >= 0.3 is 5.97 Å². The summed E-state index contributed by atoms with van der Waals surface area (Å²) in [5, 5.41) is 7.48. The van der Waals surface area contributed by atoms with E-state index in [1.165, 1.54) is 11.3 Å². The molecule has 0 radical (unpaired) electrons. The van der Waals surface area contributed by atoms with E-state index in [-0.39, 0.29) is 19.1 Å². The minimum atomic E-state index is -0.503. The van der Waals surface area contributed by atoms with Crippen molar-refractivity contribution in [1.29, 1.82) is 0 Å². The lowest BCUT2D eigenvalue weighted by atomic mass is 10.0. The van der Waals surface area contributed by atoms with Crippen molar-refractivity contribution < 1.29 is 19.1 Å². The SMILES string of the molecule is CCOC(=O)c1c(-c2ccccc2)csc1NC(=O)CNC(=O)c1ccccc1. The maximum atomic E-state index is 12.5. The predicted octanol–water partition coefficient (Wildman–Crippen LogP) is 3.96. The van der Waals surface area contributed by atoms with E-state index in [9.17, 15) is 14.4 Å². The van der Waals surface area contributed by atoms with Crippen LogP contribution in [0.5, 0.6) is 0 Å². The molecule has 2 N–H and O–H groups in total. The smallest absolute Gasteiger partial charge is 0.341 e. The van der Waals surface area contributed by atoms with Gasteiger partial charge in [-0.1, -0.05) is 48.5 Å². The van der Waals surface area contributed by atoms with E-state index in [2.05, 4.69) is 10.6 Å². The molecule has 0 bridgehead atoms. The number of benzene rings is 2. The Morgan fingerprint density at radius 2 is 1.62 bits per heavy atom. The maximum Gasteiger partial charge on any atom is 0.341 e. The van der Waals surface area contributed by atoms with Crippen LogP contribution >= 0.6 is 11.3 Å². The van der Waals surface area contributed by atoms with Crippen molar-refractivity contribution in [2.24, 2.45) is 0 Å². The molecule has 2 aromatic carbocycles. The fraction of sp³-hybridized carbons (Fsp3) is 0.136. The standard InChI is InChI=1S/C22H20N2O4S/c1-2-28-22(27)19-17(15-9-5-3-6-10-15)14-29-21(19)24-18(25)13-23-20(26)16-11-7-4-8-12-16/h3-12,14H,2,13H2,1H3,(H,23,26)(H,24,25). The largest absolute Gasteiger partial charge is 0.462 e. The zero-order chi connectivity index (χ0) is 20.6. The van der Waals surface area contributed by atoms with Gasteiger partial charge in [0.15, 0.2) is 0 Å². The zero-order valence-electron chi connectivity index (χ0n) is 15.8. The van der Waals surface area contributed by atoms with Crippen LogP contribution in [-0.2, 0) is 9.53 Å². The van der Waals surface area contributed by atoms with Gasteiger partial charge in [-0.05, 0) is 24.6 Å². The summed E-state index contributed by atoms with van der Waals surface area (Å²) in [6, 6.07) is 18.0. The highest BCUT2D eigenvalue weighted by atomic mass is 32.1. The van der Waals surface area contributed by atoms with E-state index >= 15 is 0 Å². The van der Waals surface area contributed by atoms with Crippen LogP contribution < -0.4 is 10.6 Å². The van der Waals surface area contributed by atoms with Crippen LogP contribution in [0.1, 0.15) is 27.6 Å². The van der Waals surface area contributed by atoms with Crippen molar-refractivity contribution in [2.75, 3.05) is 18.5 Å². The van der Waals surface area contributed by atoms with Gasteiger partial charge in [0.25, 0.3) is 5.91 Å². The van der Waals surface area contributed by atoms with Gasteiger partial charge in [-0.2, -0.15) is 0 Å². The lowest BCUT2D eigenvalue weighted by molar-refractivity contribution is -0.115. The maximum absolute atomic E-state index is 12.5. The number of carbonyl (C=O) groups is 3. The van der Waals surface area contributed by atoms with E-state index in [4.69, 9.17) is 4.74 Å². The number of ether oxygens (including phenoxy) is 1. The predicted molar refractivity (Wildman–Crippen MR) is 113 cm³/mol. The Labute approximate surface area is 172 Å². The van der Waals surface area contributed by atoms with E-state index in [0.717, 1.165) is 5.56 Å². The molecule has 6 nitrogen and oxygen atoms in total. The minimum absolute atomic E-state index is 0.214. The second-order valence-corrected chi connectivity index (χ2v) is 6.92. The lowest BCUT2D eigenvalue weighted by Crippen LogP contribution is -2.33. The first-order chi connectivity index (χ1) is 14.1. The van der Waals surface area contributed by atoms with Gasteiger partial charge in [-0.15, -0.1) is 11.3 Å². The number of amides is 2. The highest BCUT2D eigenvalue weighted by molar-refractivity contribution is 7.15. The van der Waals surface area contributed by atoms with Crippen molar-refractivity contribution in [1.82, 2.24) is 5.32 Å². The highest BCUT2D eigenvalue weighted by Gasteiger charge is 2.22. The number of anilines is 1. The fourth-order valence-electron chi connectivity index (χ4n) is 2.71. The third-order valence-corrected chi connectivity index (χ3v) is 4.95. The monoisotopic (exact) mass is 408 g/mol. The van der Waals surface area contributed by atoms with Crippen LogP contribution in [0.15, 0.2) is 66.0 Å².